The molecule has 1 nitrogen and oxygen atoms in total. The third-order valence-corrected chi connectivity index (χ3v) is 4.86. The maximum absolute atomic E-state index is 5.99. The molecule has 0 aromatic heterocycles. The Labute approximate surface area is 118 Å². The molecule has 0 aliphatic heterocycles. The van der Waals surface area contributed by atoms with E-state index in [1.165, 1.54) is 36.8 Å². The van der Waals surface area contributed by atoms with Crippen LogP contribution in [0.2, 0.25) is 0 Å². The summed E-state index contributed by atoms with van der Waals surface area (Å²) in [6.45, 7) is 9.22. The van der Waals surface area contributed by atoms with Crippen LogP contribution in [-0.2, 0) is 0 Å². The second-order valence-corrected chi connectivity index (χ2v) is 7.37. The highest BCUT2D eigenvalue weighted by molar-refractivity contribution is 5.28. The van der Waals surface area contributed by atoms with Gasteiger partial charge in [0.2, 0.25) is 0 Å². The van der Waals surface area contributed by atoms with Gasteiger partial charge in [-0.05, 0) is 61.0 Å². The molecular weight excluding hydrogens is 230 g/mol. The molecule has 0 spiro atoms. The predicted molar refractivity (Wildman–Crippen MR) is 83.2 cm³/mol. The lowest BCUT2D eigenvalue weighted by atomic mass is 9.68. The molecule has 106 valence electrons. The summed E-state index contributed by atoms with van der Waals surface area (Å²) in [5.74, 6) is 1.64. The molecule has 0 saturated heterocycles. The zero-order valence-corrected chi connectivity index (χ0v) is 12.9. The third kappa shape index (κ3) is 3.60. The fraction of sp³-hybridized carbons (Fsp3) is 0.667. The minimum absolute atomic E-state index is 0.144. The van der Waals surface area contributed by atoms with Crippen molar-refractivity contribution in [2.45, 2.75) is 65.3 Å². The first-order valence-electron chi connectivity index (χ1n) is 7.73. The van der Waals surface area contributed by atoms with Gasteiger partial charge in [0.15, 0.2) is 0 Å². The van der Waals surface area contributed by atoms with Crippen molar-refractivity contribution in [1.82, 2.24) is 0 Å². The van der Waals surface area contributed by atoms with Crippen molar-refractivity contribution in [2.75, 3.05) is 0 Å². The van der Waals surface area contributed by atoms with Gasteiger partial charge in [-0.15, -0.1) is 0 Å². The fourth-order valence-electron chi connectivity index (χ4n) is 3.39. The van der Waals surface area contributed by atoms with Crippen LogP contribution in [-0.4, -0.2) is 0 Å². The van der Waals surface area contributed by atoms with E-state index >= 15 is 0 Å². The molecule has 1 aliphatic carbocycles. The van der Waals surface area contributed by atoms with Gasteiger partial charge in [0.25, 0.3) is 0 Å². The Bertz CT molecular complexity index is 406. The van der Waals surface area contributed by atoms with Crippen molar-refractivity contribution < 1.29 is 0 Å². The maximum atomic E-state index is 5.99. The van der Waals surface area contributed by atoms with Crippen LogP contribution in [0.3, 0.4) is 0 Å². The van der Waals surface area contributed by atoms with Crippen LogP contribution in [0, 0.1) is 11.3 Å². The number of hydrogen-bond acceptors (Lipinski definition) is 1. The molecule has 1 unspecified atom stereocenters. The van der Waals surface area contributed by atoms with E-state index < -0.39 is 0 Å². The van der Waals surface area contributed by atoms with Crippen LogP contribution < -0.4 is 5.73 Å². The van der Waals surface area contributed by atoms with Gasteiger partial charge in [0, 0.05) is 6.04 Å². The lowest BCUT2D eigenvalue weighted by Gasteiger charge is -2.37. The Morgan fingerprint density at radius 1 is 1.11 bits per heavy atom. The van der Waals surface area contributed by atoms with Crippen molar-refractivity contribution in [3.8, 4) is 0 Å². The maximum Gasteiger partial charge on any atom is 0.0266 e. The zero-order valence-electron chi connectivity index (χ0n) is 12.9. The average molecular weight is 259 g/mol. The summed E-state index contributed by atoms with van der Waals surface area (Å²) in [5, 5.41) is 0. The van der Waals surface area contributed by atoms with Crippen molar-refractivity contribution in [1.29, 1.82) is 0 Å². The number of hydrogen-bond donors (Lipinski definition) is 1. The normalized spacial score (nSPS) is 26.2. The van der Waals surface area contributed by atoms with E-state index in [4.69, 9.17) is 5.73 Å². The minimum atomic E-state index is 0.144. The Morgan fingerprint density at radius 3 is 2.26 bits per heavy atom. The summed E-state index contributed by atoms with van der Waals surface area (Å²) in [6, 6.07) is 9.07. The SMILES string of the molecule is CC(N)c1cccc(C2CCC(C(C)(C)C)CC2)c1. The van der Waals surface area contributed by atoms with E-state index in [-0.39, 0.29) is 6.04 Å². The molecule has 1 aromatic rings. The summed E-state index contributed by atoms with van der Waals surface area (Å²) in [6.07, 6.45) is 5.42. The molecule has 0 bridgehead atoms. The number of rotatable bonds is 2. The average Bonchev–Trinajstić information content (AvgIpc) is 2.38. The first kappa shape index (κ1) is 14.6. The molecule has 1 aliphatic rings. The second kappa shape index (κ2) is 5.66. The summed E-state index contributed by atoms with van der Waals surface area (Å²) in [7, 11) is 0. The van der Waals surface area contributed by atoms with Crippen molar-refractivity contribution in [3.63, 3.8) is 0 Å². The Hall–Kier alpha value is -0.820. The molecule has 1 heteroatoms. The molecule has 1 atom stereocenters. The molecule has 2 N–H and O–H groups in total. The van der Waals surface area contributed by atoms with E-state index in [1.54, 1.807) is 0 Å². The molecule has 1 aromatic carbocycles. The number of nitrogens with two attached hydrogens (primary N) is 1. The van der Waals surface area contributed by atoms with Crippen LogP contribution >= 0.6 is 0 Å². The first-order valence-corrected chi connectivity index (χ1v) is 7.73. The monoisotopic (exact) mass is 259 g/mol. The van der Waals surface area contributed by atoms with Gasteiger partial charge < -0.3 is 5.73 Å². The Morgan fingerprint density at radius 2 is 1.74 bits per heavy atom. The molecule has 2 rings (SSSR count). The van der Waals surface area contributed by atoms with Crippen LogP contribution in [0.5, 0.6) is 0 Å². The quantitative estimate of drug-likeness (QED) is 0.792. The van der Waals surface area contributed by atoms with Crippen LogP contribution in [0.25, 0.3) is 0 Å². The van der Waals surface area contributed by atoms with Crippen molar-refractivity contribution in [3.05, 3.63) is 35.4 Å². The van der Waals surface area contributed by atoms with E-state index in [0.29, 0.717) is 5.41 Å². The van der Waals surface area contributed by atoms with Crippen LogP contribution in [0.4, 0.5) is 0 Å². The molecule has 0 radical (unpaired) electrons. The molecule has 19 heavy (non-hydrogen) atoms. The highest BCUT2D eigenvalue weighted by atomic mass is 14.6. The van der Waals surface area contributed by atoms with E-state index in [0.717, 1.165) is 11.8 Å². The summed E-state index contributed by atoms with van der Waals surface area (Å²) < 4.78 is 0. The lowest BCUT2D eigenvalue weighted by molar-refractivity contribution is 0.169. The van der Waals surface area contributed by atoms with Gasteiger partial charge in [-0.2, -0.15) is 0 Å². The van der Waals surface area contributed by atoms with Gasteiger partial charge >= 0.3 is 0 Å². The molecule has 0 heterocycles. The smallest absolute Gasteiger partial charge is 0.0266 e. The zero-order chi connectivity index (χ0) is 14.0. The van der Waals surface area contributed by atoms with Gasteiger partial charge in [-0.1, -0.05) is 45.0 Å². The summed E-state index contributed by atoms with van der Waals surface area (Å²) in [4.78, 5) is 0. The first-order chi connectivity index (χ1) is 8.88. The lowest BCUT2D eigenvalue weighted by Crippen LogP contribution is -2.25. The van der Waals surface area contributed by atoms with Gasteiger partial charge in [-0.25, -0.2) is 0 Å². The molecular formula is C18H29N. The largest absolute Gasteiger partial charge is 0.324 e. The van der Waals surface area contributed by atoms with Crippen LogP contribution in [0.15, 0.2) is 24.3 Å². The van der Waals surface area contributed by atoms with E-state index in [1.807, 2.05) is 0 Å². The van der Waals surface area contributed by atoms with E-state index in [9.17, 15) is 0 Å². The number of benzene rings is 1. The molecule has 1 saturated carbocycles. The van der Waals surface area contributed by atoms with Gasteiger partial charge in [0.05, 0.1) is 0 Å². The topological polar surface area (TPSA) is 26.0 Å². The molecule has 1 fully saturated rings. The predicted octanol–water partition coefficient (Wildman–Crippen LogP) is 5.03. The summed E-state index contributed by atoms with van der Waals surface area (Å²) >= 11 is 0. The van der Waals surface area contributed by atoms with Crippen molar-refractivity contribution >= 4 is 0 Å². The minimum Gasteiger partial charge on any atom is -0.324 e. The van der Waals surface area contributed by atoms with Crippen LogP contribution in [0.1, 0.15) is 76.5 Å². The Balaban J connectivity index is 2.03. The van der Waals surface area contributed by atoms with Gasteiger partial charge in [-0.3, -0.25) is 0 Å². The standard InChI is InChI=1S/C18H29N/c1-13(19)15-6-5-7-16(12-15)14-8-10-17(11-9-14)18(2,3)4/h5-7,12-14,17H,8-11,19H2,1-4H3. The summed E-state index contributed by atoms with van der Waals surface area (Å²) in [5.41, 5.74) is 9.24. The van der Waals surface area contributed by atoms with E-state index in [2.05, 4.69) is 52.0 Å². The highest BCUT2D eigenvalue weighted by Crippen LogP contribution is 2.43. The second-order valence-electron chi connectivity index (χ2n) is 7.37. The Kier molecular flexibility index (Phi) is 4.35. The highest BCUT2D eigenvalue weighted by Gasteiger charge is 2.30. The fourth-order valence-corrected chi connectivity index (χ4v) is 3.39. The third-order valence-electron chi connectivity index (χ3n) is 4.86. The van der Waals surface area contributed by atoms with Crippen molar-refractivity contribution in [2.24, 2.45) is 17.1 Å². The molecule has 0 amide bonds. The van der Waals surface area contributed by atoms with Gasteiger partial charge in [0.1, 0.15) is 0 Å².